The van der Waals surface area contributed by atoms with Crippen LogP contribution in [-0.2, 0) is 15.0 Å². The van der Waals surface area contributed by atoms with E-state index < -0.39 is 5.41 Å². The molecule has 116 valence electrons. The van der Waals surface area contributed by atoms with Gasteiger partial charge in [-0.1, -0.05) is 44.2 Å². The predicted molar refractivity (Wildman–Crippen MR) is 88.1 cm³/mol. The summed E-state index contributed by atoms with van der Waals surface area (Å²) in [4.78, 5) is 26.3. The summed E-state index contributed by atoms with van der Waals surface area (Å²) in [5.41, 5.74) is 0.198. The lowest BCUT2D eigenvalue weighted by molar-refractivity contribution is -0.127. The number of allylic oxidation sites excluding steroid dienone is 2. The van der Waals surface area contributed by atoms with Gasteiger partial charge in [0, 0.05) is 25.2 Å². The Labute approximate surface area is 132 Å². The van der Waals surface area contributed by atoms with Gasteiger partial charge in [-0.2, -0.15) is 0 Å². The minimum atomic E-state index is -0.750. The predicted octanol–water partition coefficient (Wildman–Crippen LogP) is 3.96. The van der Waals surface area contributed by atoms with Gasteiger partial charge in [0.25, 0.3) is 0 Å². The second-order valence-electron chi connectivity index (χ2n) is 5.59. The molecule has 1 aromatic rings. The third kappa shape index (κ3) is 3.19. The molecule has 0 N–H and O–H groups in total. The lowest BCUT2D eigenvalue weighted by Crippen LogP contribution is -2.36. The van der Waals surface area contributed by atoms with Crippen molar-refractivity contribution in [3.63, 3.8) is 0 Å². The van der Waals surface area contributed by atoms with Crippen molar-refractivity contribution < 1.29 is 9.59 Å². The first-order valence-electron chi connectivity index (χ1n) is 7.92. The zero-order valence-electron chi connectivity index (χ0n) is 13.3. The van der Waals surface area contributed by atoms with Gasteiger partial charge < -0.3 is 0 Å². The van der Waals surface area contributed by atoms with E-state index in [0.717, 1.165) is 18.4 Å². The Morgan fingerprint density at radius 2 is 1.55 bits per heavy atom. The van der Waals surface area contributed by atoms with Crippen molar-refractivity contribution in [3.8, 4) is 0 Å². The zero-order chi connectivity index (χ0) is 16.0. The van der Waals surface area contributed by atoms with Crippen LogP contribution in [0.3, 0.4) is 0 Å². The Morgan fingerprint density at radius 1 is 0.955 bits per heavy atom. The summed E-state index contributed by atoms with van der Waals surface area (Å²) < 4.78 is 0. The van der Waals surface area contributed by atoms with Crippen LogP contribution >= 0.6 is 0 Å². The van der Waals surface area contributed by atoms with Crippen molar-refractivity contribution >= 4 is 11.7 Å². The molecule has 2 rings (SSSR count). The van der Waals surface area contributed by atoms with Gasteiger partial charge in [0.2, 0.25) is 5.91 Å². The number of hydrogen-bond acceptors (Lipinski definition) is 2. The molecule has 0 unspecified atom stereocenters. The van der Waals surface area contributed by atoms with Gasteiger partial charge in [-0.15, -0.1) is 0 Å². The van der Waals surface area contributed by atoms with E-state index in [1.54, 1.807) is 17.3 Å². The van der Waals surface area contributed by atoms with Gasteiger partial charge in [-0.25, -0.2) is 0 Å². The minimum Gasteiger partial charge on any atom is -0.298 e. The van der Waals surface area contributed by atoms with Crippen LogP contribution in [0.2, 0.25) is 0 Å². The summed E-state index contributed by atoms with van der Waals surface area (Å²) in [6, 6.07) is 9.74. The molecule has 0 fully saturated rings. The fourth-order valence-electron chi connectivity index (χ4n) is 2.70. The van der Waals surface area contributed by atoms with Gasteiger partial charge in [0.05, 0.1) is 5.41 Å². The molecule has 0 saturated carbocycles. The van der Waals surface area contributed by atoms with Crippen LogP contribution in [0.1, 0.15) is 45.1 Å². The molecule has 0 spiro atoms. The Hall–Kier alpha value is -2.16. The molecule has 0 radical (unpaired) electrons. The fraction of sp³-hybridized carbons (Fsp3) is 0.368. The number of rotatable bonds is 6. The van der Waals surface area contributed by atoms with Crippen LogP contribution in [-0.4, -0.2) is 16.6 Å². The van der Waals surface area contributed by atoms with Crippen molar-refractivity contribution in [1.82, 2.24) is 4.90 Å². The monoisotopic (exact) mass is 297 g/mol. The summed E-state index contributed by atoms with van der Waals surface area (Å²) >= 11 is 0. The molecule has 1 amide bonds. The number of ketones is 1. The number of Topliss-reactive ketones (excluding diaryl/α,β-unsaturated/α-hetero) is 1. The smallest absolute Gasteiger partial charge is 0.230 e. The van der Waals surface area contributed by atoms with Gasteiger partial charge in [0.1, 0.15) is 0 Å². The van der Waals surface area contributed by atoms with E-state index in [4.69, 9.17) is 0 Å². The molecule has 1 aromatic carbocycles. The summed E-state index contributed by atoms with van der Waals surface area (Å²) in [6.45, 7) is 3.98. The standard InChI is InChI=1S/C19H23NO2/c1-3-8-17(21)19(16-10-6-5-7-11-16)12-14-20(15-13-19)18(22)9-4-2/h5-7,10-15H,3-4,8-9H2,1-2H3. The number of carbonyl (C=O) groups excluding carboxylic acids is 2. The van der Waals surface area contributed by atoms with Crippen LogP contribution in [0.25, 0.3) is 0 Å². The van der Waals surface area contributed by atoms with E-state index in [-0.39, 0.29) is 11.7 Å². The lowest BCUT2D eigenvalue weighted by Gasteiger charge is -2.31. The second-order valence-corrected chi connectivity index (χ2v) is 5.59. The molecule has 0 bridgehead atoms. The summed E-state index contributed by atoms with van der Waals surface area (Å²) in [5, 5.41) is 0. The van der Waals surface area contributed by atoms with E-state index in [2.05, 4.69) is 0 Å². The largest absolute Gasteiger partial charge is 0.298 e. The molecule has 22 heavy (non-hydrogen) atoms. The SMILES string of the molecule is CCCC(=O)N1C=CC(C(=O)CCC)(c2ccccc2)C=C1. The third-order valence-electron chi connectivity index (χ3n) is 3.94. The molecule has 1 aliphatic rings. The van der Waals surface area contributed by atoms with Crippen LogP contribution in [0.4, 0.5) is 0 Å². The number of nitrogens with zero attached hydrogens (tertiary/aromatic N) is 1. The number of benzene rings is 1. The van der Waals surface area contributed by atoms with Crippen molar-refractivity contribution in [1.29, 1.82) is 0 Å². The highest BCUT2D eigenvalue weighted by atomic mass is 16.2. The van der Waals surface area contributed by atoms with E-state index in [9.17, 15) is 9.59 Å². The van der Waals surface area contributed by atoms with Crippen LogP contribution < -0.4 is 0 Å². The highest BCUT2D eigenvalue weighted by molar-refractivity contribution is 5.95. The molecule has 1 heterocycles. The summed E-state index contributed by atoms with van der Waals surface area (Å²) in [6.07, 6.45) is 9.84. The highest BCUT2D eigenvalue weighted by Gasteiger charge is 2.36. The van der Waals surface area contributed by atoms with Crippen molar-refractivity contribution in [2.45, 2.75) is 44.9 Å². The number of hydrogen-bond donors (Lipinski definition) is 0. The molecule has 0 aliphatic carbocycles. The molecule has 1 aliphatic heterocycles. The molecule has 0 atom stereocenters. The quantitative estimate of drug-likeness (QED) is 0.797. The topological polar surface area (TPSA) is 37.4 Å². The number of amides is 1. The van der Waals surface area contributed by atoms with Crippen molar-refractivity contribution in [2.24, 2.45) is 0 Å². The molecular formula is C19H23NO2. The van der Waals surface area contributed by atoms with Crippen molar-refractivity contribution in [3.05, 3.63) is 60.4 Å². The van der Waals surface area contributed by atoms with Crippen LogP contribution in [0.5, 0.6) is 0 Å². The Morgan fingerprint density at radius 3 is 2.09 bits per heavy atom. The molecule has 3 nitrogen and oxygen atoms in total. The summed E-state index contributed by atoms with van der Waals surface area (Å²) in [5.74, 6) is 0.218. The lowest BCUT2D eigenvalue weighted by atomic mass is 9.74. The maximum absolute atomic E-state index is 12.7. The Bertz CT molecular complexity index is 573. The average Bonchev–Trinajstić information content (AvgIpc) is 2.56. The minimum absolute atomic E-state index is 0.0552. The van der Waals surface area contributed by atoms with E-state index in [1.165, 1.54) is 0 Å². The van der Waals surface area contributed by atoms with Crippen molar-refractivity contribution in [2.75, 3.05) is 0 Å². The average molecular weight is 297 g/mol. The highest BCUT2D eigenvalue weighted by Crippen LogP contribution is 2.33. The first kappa shape index (κ1) is 16.2. The maximum atomic E-state index is 12.7. The van der Waals surface area contributed by atoms with E-state index in [1.807, 2.05) is 56.3 Å². The second kappa shape index (κ2) is 7.21. The molecule has 3 heteroatoms. The Balaban J connectivity index is 2.34. The normalized spacial score (nSPS) is 15.8. The van der Waals surface area contributed by atoms with Gasteiger partial charge in [0.15, 0.2) is 5.78 Å². The zero-order valence-corrected chi connectivity index (χ0v) is 13.3. The molecule has 0 aromatic heterocycles. The molecule has 0 saturated heterocycles. The van der Waals surface area contributed by atoms with Gasteiger partial charge >= 0.3 is 0 Å². The third-order valence-corrected chi connectivity index (χ3v) is 3.94. The van der Waals surface area contributed by atoms with Crippen LogP contribution in [0.15, 0.2) is 54.9 Å². The summed E-state index contributed by atoms with van der Waals surface area (Å²) in [7, 11) is 0. The molecular weight excluding hydrogens is 274 g/mol. The maximum Gasteiger partial charge on any atom is 0.230 e. The fourth-order valence-corrected chi connectivity index (χ4v) is 2.70. The van der Waals surface area contributed by atoms with Crippen LogP contribution in [0, 0.1) is 0 Å². The number of carbonyl (C=O) groups is 2. The first-order valence-corrected chi connectivity index (χ1v) is 7.92. The Kier molecular flexibility index (Phi) is 5.31. The van der Waals surface area contributed by atoms with E-state index in [0.29, 0.717) is 12.8 Å². The van der Waals surface area contributed by atoms with E-state index >= 15 is 0 Å². The first-order chi connectivity index (χ1) is 10.6. The van der Waals surface area contributed by atoms with Gasteiger partial charge in [-0.05, 0) is 30.6 Å². The van der Waals surface area contributed by atoms with Gasteiger partial charge in [-0.3, -0.25) is 14.5 Å².